The van der Waals surface area contributed by atoms with E-state index in [0.29, 0.717) is 17.0 Å². The second kappa shape index (κ2) is 16.7. The minimum Gasteiger partial charge on any atom is -0.408 e. The Morgan fingerprint density at radius 2 is 1.98 bits per heavy atom. The molecule has 4 aromatic heterocycles. The van der Waals surface area contributed by atoms with Crippen LogP contribution in [-0.2, 0) is 73.3 Å². The van der Waals surface area contributed by atoms with E-state index in [9.17, 15) is 19.7 Å². The monoisotopic (exact) mass is 870 g/mol. The number of ether oxygens (including phenoxy) is 1. The molecule has 6 rings (SSSR count). The van der Waals surface area contributed by atoms with Gasteiger partial charge in [0, 0.05) is 12.5 Å². The Balaban J connectivity index is 1.47. The smallest absolute Gasteiger partial charge is 0.327 e. The summed E-state index contributed by atoms with van der Waals surface area (Å²) >= 11 is 11.5. The number of aromatic amines is 1. The molecule has 1 fully saturated rings. The van der Waals surface area contributed by atoms with Crippen LogP contribution in [0, 0.1) is 17.2 Å². The lowest BCUT2D eigenvalue weighted by Gasteiger charge is -2.41. The van der Waals surface area contributed by atoms with Gasteiger partial charge in [-0.3, -0.25) is 29.0 Å². The Bertz CT molecular complexity index is 2290. The van der Waals surface area contributed by atoms with Crippen LogP contribution in [0.15, 0.2) is 23.6 Å². The number of nitrogens with zero attached hydrogens (tertiary/aromatic N) is 8. The molecule has 0 spiro atoms. The first-order valence-electron chi connectivity index (χ1n) is 17.6. The number of amides is 1. The van der Waals surface area contributed by atoms with Crippen molar-refractivity contribution in [3.8, 4) is 6.07 Å². The van der Waals surface area contributed by atoms with Gasteiger partial charge in [0.15, 0.2) is 31.4 Å². The van der Waals surface area contributed by atoms with Crippen LogP contribution < -0.4 is 10.9 Å². The summed E-state index contributed by atoms with van der Waals surface area (Å²) in [4.78, 5) is 61.9. The predicted octanol–water partition coefficient (Wildman–Crippen LogP) is 4.16. The van der Waals surface area contributed by atoms with Gasteiger partial charge in [-0.1, -0.05) is 34.6 Å². The van der Waals surface area contributed by atoms with E-state index in [1.165, 1.54) is 23.4 Å². The molecule has 0 aliphatic carbocycles. The molecule has 1 amide bonds. The third-order valence-corrected chi connectivity index (χ3v) is 17.9. The molecule has 56 heavy (non-hydrogen) atoms. The number of anilines is 1. The lowest BCUT2D eigenvalue weighted by molar-refractivity contribution is -0.118. The van der Waals surface area contributed by atoms with Gasteiger partial charge in [0.25, 0.3) is 5.56 Å². The maximum Gasteiger partial charge on any atom is 0.327 e. The van der Waals surface area contributed by atoms with Crippen LogP contribution in [0.2, 0.25) is 18.1 Å². The van der Waals surface area contributed by atoms with Crippen LogP contribution in [0.1, 0.15) is 53.1 Å². The van der Waals surface area contributed by atoms with Gasteiger partial charge in [-0.05, 0) is 41.7 Å². The molecule has 25 heteroatoms. The van der Waals surface area contributed by atoms with E-state index in [1.54, 1.807) is 18.4 Å². The molecule has 3 unspecified atom stereocenters. The minimum atomic E-state index is -4.18. The third-order valence-electron chi connectivity index (χ3n) is 9.52. The number of fused-ring (bicyclic) bond motifs is 6. The summed E-state index contributed by atoms with van der Waals surface area (Å²) in [6, 6.07) is 2.03. The van der Waals surface area contributed by atoms with Crippen LogP contribution in [0.3, 0.4) is 0 Å². The Morgan fingerprint density at radius 3 is 2.70 bits per heavy atom. The van der Waals surface area contributed by atoms with Crippen molar-refractivity contribution in [1.29, 1.82) is 5.26 Å². The molecular formula is C31H44N10O10P2S2Si. The molecule has 0 saturated carbocycles. The first-order valence-corrected chi connectivity index (χ1v) is 25.7. The fourth-order valence-corrected chi connectivity index (χ4v) is 10.0. The first kappa shape index (κ1) is 42.7. The van der Waals surface area contributed by atoms with Crippen molar-refractivity contribution in [2.45, 2.75) is 96.9 Å². The van der Waals surface area contributed by atoms with Gasteiger partial charge in [-0.15, -0.1) is 0 Å². The number of rotatable bonds is 8. The molecule has 20 nitrogen and oxygen atoms in total. The summed E-state index contributed by atoms with van der Waals surface area (Å²) in [5.41, 5.74) is 0.266. The van der Waals surface area contributed by atoms with Crippen LogP contribution in [0.5, 0.6) is 0 Å². The normalized spacial score (nSPS) is 26.8. The van der Waals surface area contributed by atoms with Crippen LogP contribution in [0.25, 0.3) is 22.3 Å². The summed E-state index contributed by atoms with van der Waals surface area (Å²) in [7, 11) is -2.69. The molecule has 6 heterocycles. The van der Waals surface area contributed by atoms with E-state index < -0.39 is 57.8 Å². The number of carbonyl (C=O) groups is 1. The zero-order valence-electron chi connectivity index (χ0n) is 31.8. The minimum absolute atomic E-state index is 0.0202. The standard InChI is InChI=1S/C31H44N10O10P2S2Si/c1-18(2)27(42)38-30-37-26-22(28(43)39-30)35-17-41(26)29-24-23(51-56(6,7)31(3,4)5)20(49-29)14-48-53(55,45-11-8-9-32)46-12-10-40-21(15-47-52(44,54)50-24)36-19-13-33-16-34-25(19)40/h13,16-18,20,23-24,29H,8,10-12,14-15H2,1-7H3,(H,44,54)(H2,37,38,39,42,43)/t20-,23?,24-,29-,52?,53?/m1/s1. The number of hydrogen-bond acceptors (Lipinski definition) is 17. The third kappa shape index (κ3) is 9.34. The summed E-state index contributed by atoms with van der Waals surface area (Å²) in [5.74, 6) is -0.566. The van der Waals surface area contributed by atoms with Gasteiger partial charge in [0.1, 0.15) is 42.6 Å². The number of aromatic nitrogens is 8. The molecule has 2 aliphatic heterocycles. The van der Waals surface area contributed by atoms with E-state index in [-0.39, 0.29) is 67.5 Å². The Hall–Kier alpha value is -2.94. The second-order valence-corrected chi connectivity index (χ2v) is 25.4. The topological polar surface area (TPSA) is 245 Å². The Kier molecular flexibility index (Phi) is 12.7. The highest BCUT2D eigenvalue weighted by Gasteiger charge is 2.54. The van der Waals surface area contributed by atoms with E-state index in [4.69, 9.17) is 55.4 Å². The van der Waals surface area contributed by atoms with Gasteiger partial charge < -0.3 is 36.7 Å². The highest BCUT2D eigenvalue weighted by Crippen LogP contribution is 2.54. The maximum atomic E-state index is 13.2. The zero-order chi connectivity index (χ0) is 40.6. The fraction of sp³-hybridized carbons (Fsp3) is 0.613. The van der Waals surface area contributed by atoms with Crippen LogP contribution in [0.4, 0.5) is 5.95 Å². The van der Waals surface area contributed by atoms with Crippen molar-refractivity contribution in [2.75, 3.05) is 25.1 Å². The molecule has 6 atom stereocenters. The molecule has 304 valence electrons. The van der Waals surface area contributed by atoms with Crippen molar-refractivity contribution < 1.29 is 41.5 Å². The highest BCUT2D eigenvalue weighted by atomic mass is 32.5. The molecule has 2 aliphatic rings. The average molecular weight is 871 g/mol. The van der Waals surface area contributed by atoms with Gasteiger partial charge in [-0.25, -0.2) is 19.9 Å². The van der Waals surface area contributed by atoms with Crippen molar-refractivity contribution >= 4 is 79.6 Å². The lowest BCUT2D eigenvalue weighted by atomic mass is 10.1. The number of imidazole rings is 2. The van der Waals surface area contributed by atoms with Crippen LogP contribution in [-0.4, -0.2) is 96.3 Å². The predicted molar refractivity (Wildman–Crippen MR) is 211 cm³/mol. The van der Waals surface area contributed by atoms with Gasteiger partial charge in [0.2, 0.25) is 11.9 Å². The molecule has 2 bridgehead atoms. The molecule has 1 saturated heterocycles. The maximum absolute atomic E-state index is 13.2. The first-order chi connectivity index (χ1) is 26.3. The second-order valence-electron chi connectivity index (χ2n) is 14.8. The largest absolute Gasteiger partial charge is 0.408 e. The van der Waals surface area contributed by atoms with Crippen molar-refractivity contribution in [3.05, 3.63) is 35.0 Å². The van der Waals surface area contributed by atoms with E-state index >= 15 is 0 Å². The highest BCUT2D eigenvalue weighted by molar-refractivity contribution is 8.07. The zero-order valence-corrected chi connectivity index (χ0v) is 36.2. The van der Waals surface area contributed by atoms with Crippen LogP contribution >= 0.6 is 13.4 Å². The number of nitriles is 1. The van der Waals surface area contributed by atoms with Gasteiger partial charge >= 0.3 is 13.4 Å². The summed E-state index contributed by atoms with van der Waals surface area (Å²) in [5, 5.41) is 11.5. The number of carbonyl (C=O) groups excluding carboxylic acids is 1. The summed E-state index contributed by atoms with van der Waals surface area (Å²) < 4.78 is 47.6. The lowest BCUT2D eigenvalue weighted by Crippen LogP contribution is -2.50. The SMILES string of the molecule is CC(C)C(=O)Nc1nc2c(ncn2[C@@H]2O[C@@H]3COP(=S)(OCCC#N)OCCn4c(nc5cncnc54)COP(O)(=S)O[C@@H]2C3O[Si](C)(C)C(C)(C)C)c(=O)[nH]1. The quantitative estimate of drug-likeness (QED) is 0.128. The summed E-state index contributed by atoms with van der Waals surface area (Å²) in [6.07, 6.45) is -0.142. The number of H-pyrrole nitrogens is 1. The summed E-state index contributed by atoms with van der Waals surface area (Å²) in [6.45, 7) is 5.44. The molecular weight excluding hydrogens is 827 g/mol. The molecule has 0 radical (unpaired) electrons. The average Bonchev–Trinajstić information content (AvgIpc) is 3.79. The fourth-order valence-electron chi connectivity index (χ4n) is 5.59. The van der Waals surface area contributed by atoms with E-state index in [2.05, 4.69) is 56.0 Å². The van der Waals surface area contributed by atoms with E-state index in [1.807, 2.05) is 19.2 Å². The Morgan fingerprint density at radius 1 is 1.21 bits per heavy atom. The van der Waals surface area contributed by atoms with Gasteiger partial charge in [0.05, 0.1) is 44.8 Å². The van der Waals surface area contributed by atoms with Crippen molar-refractivity contribution in [2.24, 2.45) is 5.92 Å². The number of nitrogens with one attached hydrogen (secondary N) is 2. The van der Waals surface area contributed by atoms with Crippen molar-refractivity contribution in [3.63, 3.8) is 0 Å². The van der Waals surface area contributed by atoms with Gasteiger partial charge in [-0.2, -0.15) is 10.2 Å². The van der Waals surface area contributed by atoms with E-state index in [0.717, 1.165) is 0 Å². The molecule has 3 N–H and O–H groups in total. The van der Waals surface area contributed by atoms with Crippen molar-refractivity contribution in [1.82, 2.24) is 39.0 Å². The Labute approximate surface area is 333 Å². The number of hydrogen-bond donors (Lipinski definition) is 3. The molecule has 4 aromatic rings. The molecule has 0 aromatic carbocycles.